The molecule has 15 aromatic rings. The third-order valence-corrected chi connectivity index (χ3v) is 16.0. The zero-order chi connectivity index (χ0) is 51.2. The molecule has 12 aromatic carbocycles. The van der Waals surface area contributed by atoms with Gasteiger partial charge in [-0.3, -0.25) is 0 Å². The summed E-state index contributed by atoms with van der Waals surface area (Å²) in [6, 6.07) is 102. The third kappa shape index (κ3) is 9.42. The second-order valence-electron chi connectivity index (χ2n) is 19.8. The normalized spacial score (nSPS) is 11.4. The van der Waals surface area contributed by atoms with Gasteiger partial charge in [-0.15, -0.1) is 0 Å². The number of aromatic amines is 1. The summed E-state index contributed by atoms with van der Waals surface area (Å²) >= 11 is 2.32. The van der Waals surface area contributed by atoms with E-state index in [2.05, 4.69) is 316 Å². The van der Waals surface area contributed by atoms with Crippen molar-refractivity contribution < 1.29 is 24.0 Å². The lowest BCUT2D eigenvalue weighted by Crippen LogP contribution is -3.00. The van der Waals surface area contributed by atoms with Gasteiger partial charge in [0.25, 0.3) is 0 Å². The van der Waals surface area contributed by atoms with Crippen molar-refractivity contribution in [3.8, 4) is 55.9 Å². The van der Waals surface area contributed by atoms with Gasteiger partial charge in [0, 0.05) is 58.3 Å². The predicted molar refractivity (Wildman–Crippen MR) is 346 cm³/mol. The van der Waals surface area contributed by atoms with Crippen molar-refractivity contribution in [3.63, 3.8) is 0 Å². The van der Waals surface area contributed by atoms with Crippen LogP contribution in [0.15, 0.2) is 285 Å². The number of rotatable bonds is 5. The molecule has 1 aliphatic carbocycles. The second-order valence-corrected chi connectivity index (χ2v) is 21.0. The maximum atomic E-state index is 3.54. The van der Waals surface area contributed by atoms with Crippen LogP contribution in [0, 0.1) is 3.57 Å². The first-order valence-electron chi connectivity index (χ1n) is 26.3. The number of halogens is 2. The monoisotopic (exact) mass is 1240 g/mol. The van der Waals surface area contributed by atoms with E-state index in [1.54, 1.807) is 0 Å². The van der Waals surface area contributed by atoms with Crippen molar-refractivity contribution >= 4 is 96.4 Å². The van der Waals surface area contributed by atoms with Crippen LogP contribution in [0.1, 0.15) is 11.1 Å². The summed E-state index contributed by atoms with van der Waals surface area (Å²) in [5.41, 5.74) is 22.8. The molecule has 3 aromatic heterocycles. The lowest BCUT2D eigenvalue weighted by atomic mass is 9.99. The summed E-state index contributed by atoms with van der Waals surface area (Å²) in [7, 11) is 0. The van der Waals surface area contributed by atoms with Gasteiger partial charge in [0.2, 0.25) is 0 Å². The van der Waals surface area contributed by atoms with Crippen LogP contribution < -0.4 is 24.0 Å². The molecule has 0 bridgehead atoms. The quantitative estimate of drug-likeness (QED) is 0.131. The fourth-order valence-electron chi connectivity index (χ4n) is 11.8. The lowest BCUT2D eigenvalue weighted by Gasteiger charge is -2.11. The molecule has 380 valence electrons. The van der Waals surface area contributed by atoms with Crippen LogP contribution in [-0.2, 0) is 6.42 Å². The minimum absolute atomic E-state index is 0. The largest absolute Gasteiger partial charge is 1.00 e. The highest BCUT2D eigenvalue weighted by atomic mass is 127. The van der Waals surface area contributed by atoms with Crippen molar-refractivity contribution in [1.29, 1.82) is 0 Å². The van der Waals surface area contributed by atoms with Crippen LogP contribution in [0.2, 0.25) is 0 Å². The summed E-state index contributed by atoms with van der Waals surface area (Å²) in [5, 5.41) is 7.83. The van der Waals surface area contributed by atoms with E-state index >= 15 is 0 Å². The van der Waals surface area contributed by atoms with Gasteiger partial charge in [0.15, 0.2) is 0 Å². The lowest BCUT2D eigenvalue weighted by molar-refractivity contribution is -0.0000145. The van der Waals surface area contributed by atoms with Crippen molar-refractivity contribution in [1.82, 2.24) is 14.1 Å². The molecule has 0 radical (unpaired) electrons. The molecule has 3 heterocycles. The first kappa shape index (κ1) is 51.3. The summed E-state index contributed by atoms with van der Waals surface area (Å²) in [5.74, 6) is 0. The van der Waals surface area contributed by atoms with Crippen LogP contribution in [0.3, 0.4) is 0 Å². The van der Waals surface area contributed by atoms with E-state index in [4.69, 9.17) is 0 Å². The van der Waals surface area contributed by atoms with E-state index in [0.717, 1.165) is 17.8 Å². The molecule has 16 rings (SSSR count). The molecule has 0 saturated carbocycles. The van der Waals surface area contributed by atoms with Crippen LogP contribution >= 0.6 is 22.6 Å². The Morgan fingerprint density at radius 2 is 0.709 bits per heavy atom. The molecule has 1 aliphatic rings. The maximum Gasteiger partial charge on any atom is 0.0548 e. The molecule has 79 heavy (non-hydrogen) atoms. The van der Waals surface area contributed by atoms with Crippen LogP contribution in [0.4, 0.5) is 0 Å². The molecule has 0 spiro atoms. The summed E-state index contributed by atoms with van der Waals surface area (Å²) in [4.78, 5) is 3.54. The highest BCUT2D eigenvalue weighted by Crippen LogP contribution is 2.45. The number of aromatic nitrogens is 3. The molecule has 0 aliphatic heterocycles. The number of hydrogen-bond acceptors (Lipinski definition) is 0. The average Bonchev–Trinajstić information content (AvgIpc) is 4.44. The number of para-hydroxylation sites is 3. The zero-order valence-corrected chi connectivity index (χ0v) is 46.8. The molecule has 0 amide bonds. The van der Waals surface area contributed by atoms with Crippen LogP contribution in [-0.4, -0.2) is 22.5 Å². The number of nitrogens with zero attached hydrogens (tertiary/aromatic N) is 2. The minimum Gasteiger partial charge on any atom is -1.00 e. The van der Waals surface area contributed by atoms with E-state index in [0.29, 0.717) is 0 Å². The Hall–Kier alpha value is -8.44. The number of benzene rings is 12. The molecule has 0 saturated heterocycles. The second kappa shape index (κ2) is 22.1. The molecular weight excluding hydrogens is 1180 g/mol. The summed E-state index contributed by atoms with van der Waals surface area (Å²) in [6.07, 6.45) is 1.06. The molecular formula is C73H54BI2N3-2. The van der Waals surface area contributed by atoms with Gasteiger partial charge in [0.1, 0.15) is 0 Å². The molecule has 6 heteroatoms. The van der Waals surface area contributed by atoms with E-state index in [1.807, 2.05) is 6.07 Å². The number of nitrogens with one attached hydrogen (secondary N) is 1. The van der Waals surface area contributed by atoms with Crippen molar-refractivity contribution in [2.24, 2.45) is 0 Å². The first-order valence-corrected chi connectivity index (χ1v) is 27.4. The van der Waals surface area contributed by atoms with Crippen molar-refractivity contribution in [2.45, 2.75) is 6.42 Å². The Bertz CT molecular complexity index is 4450. The Morgan fingerprint density at radius 1 is 0.304 bits per heavy atom. The SMILES string of the molecule is Ic1ccc(-c2ccccc2)cc1.[BH4-].[I-].c1ccc(-c2ccc(-n3c4ccccc4c4c5c6ccccc6n(-c6ccc(-c7ccccc7)cc6)c5ccc43)cc2)cc1.c1ccc2c(c1)Cc1ccc3[nH]c4ccccc4c3c1-2. The number of H-pyrrole nitrogens is 1. The number of hydrogen-bond donors (Lipinski definition) is 1. The van der Waals surface area contributed by atoms with E-state index in [1.165, 1.54) is 125 Å². The molecule has 0 unspecified atom stereocenters. The molecule has 1 N–H and O–H groups in total. The standard InChI is InChI=1S/C42H28N2.C19H13N.C12H9I.BH4.HI/c1-3-11-29(12-4-1)31-19-23-33(24-20-31)43-37-17-9-7-15-35(37)41-39(43)27-28-40-42(41)36-16-8-10-18-38(36)44(40)34-25-21-32(22-26-34)30-13-5-2-6-14-30;1-2-6-14-12(5-1)11-13-9-10-17-19(18(13)14)15-7-3-4-8-16(15)20-17;13-12-8-6-11(7-9-12)10-4-2-1-3-5-10;;/h1-28H;1-10,20H,11H2;1-9H;1H4;1H/q;;;-1;/p-1. The molecule has 0 atom stereocenters. The van der Waals surface area contributed by atoms with Crippen molar-refractivity contribution in [3.05, 3.63) is 300 Å². The van der Waals surface area contributed by atoms with E-state index < -0.39 is 0 Å². The van der Waals surface area contributed by atoms with Gasteiger partial charge in [-0.2, -0.15) is 0 Å². The highest BCUT2D eigenvalue weighted by molar-refractivity contribution is 14.1. The van der Waals surface area contributed by atoms with E-state index in [9.17, 15) is 0 Å². The zero-order valence-electron chi connectivity index (χ0n) is 42.5. The Labute approximate surface area is 492 Å². The summed E-state index contributed by atoms with van der Waals surface area (Å²) in [6.45, 7) is 0. The average molecular weight is 1240 g/mol. The van der Waals surface area contributed by atoms with E-state index in [-0.39, 0.29) is 32.4 Å². The smallest absolute Gasteiger partial charge is 0.0548 e. The van der Waals surface area contributed by atoms with Crippen LogP contribution in [0.25, 0.3) is 121 Å². The first-order chi connectivity index (χ1) is 38.1. The fraction of sp³-hybridized carbons (Fsp3) is 0.0137. The minimum atomic E-state index is 0. The van der Waals surface area contributed by atoms with Gasteiger partial charge >= 0.3 is 0 Å². The third-order valence-electron chi connectivity index (χ3n) is 15.3. The maximum absolute atomic E-state index is 3.54. The van der Waals surface area contributed by atoms with Crippen LogP contribution in [0.5, 0.6) is 0 Å². The molecule has 3 nitrogen and oxygen atoms in total. The van der Waals surface area contributed by atoms with Gasteiger partial charge in [-0.25, -0.2) is 0 Å². The Kier molecular flexibility index (Phi) is 14.4. The van der Waals surface area contributed by atoms with Gasteiger partial charge < -0.3 is 38.1 Å². The van der Waals surface area contributed by atoms with Gasteiger partial charge in [-0.05, 0) is 157 Å². The Balaban J connectivity index is 0.000000146. The Morgan fingerprint density at radius 3 is 1.22 bits per heavy atom. The van der Waals surface area contributed by atoms with Gasteiger partial charge in [-0.1, -0.05) is 221 Å². The fourth-order valence-corrected chi connectivity index (χ4v) is 12.1. The highest BCUT2D eigenvalue weighted by Gasteiger charge is 2.23. The summed E-state index contributed by atoms with van der Waals surface area (Å²) < 4.78 is 6.11. The molecule has 0 fully saturated rings. The predicted octanol–water partition coefficient (Wildman–Crippen LogP) is 15.6. The topological polar surface area (TPSA) is 25.6 Å². The number of fused-ring (bicyclic) bond motifs is 14. The van der Waals surface area contributed by atoms with Gasteiger partial charge in [0.05, 0.1) is 22.1 Å². The van der Waals surface area contributed by atoms with Crippen molar-refractivity contribution in [2.75, 3.05) is 0 Å².